The zero-order chi connectivity index (χ0) is 100. The molecule has 4 fully saturated rings. The first-order valence-corrected chi connectivity index (χ1v) is 53.0. The van der Waals surface area contributed by atoms with Gasteiger partial charge < -0.3 is 43.4 Å². The van der Waals surface area contributed by atoms with Crippen LogP contribution in [0.4, 0.5) is 5.69 Å². The second kappa shape index (κ2) is 67.8. The summed E-state index contributed by atoms with van der Waals surface area (Å²) in [6, 6.07) is 38.2. The van der Waals surface area contributed by atoms with Crippen LogP contribution < -0.4 is 0 Å². The van der Waals surface area contributed by atoms with Gasteiger partial charge in [-0.15, -0.1) is 69.6 Å². The normalized spacial score (nSPS) is 22.9. The molecule has 0 saturated heterocycles. The second-order valence-electron chi connectivity index (χ2n) is 36.9. The Morgan fingerprint density at radius 3 is 1.01 bits per heavy atom. The monoisotopic (exact) mass is 2030 g/mol. The van der Waals surface area contributed by atoms with Crippen molar-refractivity contribution in [1.82, 2.24) is 0 Å². The van der Waals surface area contributed by atoms with Gasteiger partial charge in [0.2, 0.25) is 0 Å². The number of hydrogen-bond acceptors (Lipinski definition) is 18. The van der Waals surface area contributed by atoms with Crippen LogP contribution in [0.5, 0.6) is 0 Å². The number of esters is 7. The lowest BCUT2D eigenvalue weighted by molar-refractivity contribution is -0.384. The number of carbonyl (C=O) groups excluding carboxylic acids is 7. The summed E-state index contributed by atoms with van der Waals surface area (Å²) in [7, 11) is 4.19. The van der Waals surface area contributed by atoms with E-state index in [1.54, 1.807) is 0 Å². The van der Waals surface area contributed by atoms with Gasteiger partial charge in [-0.25, -0.2) is 4.79 Å². The molecule has 4 aliphatic rings. The maximum Gasteiger partial charge on any atom is 0.338 e. The molecule has 4 saturated carbocycles. The van der Waals surface area contributed by atoms with Crippen LogP contribution in [-0.2, 0) is 61.9 Å². The van der Waals surface area contributed by atoms with Gasteiger partial charge in [0.05, 0.1) is 44.0 Å². The largest absolute Gasteiger partial charge is 0.469 e. The Balaban J connectivity index is 0.000000329. The number of nitrogens with zero attached hydrogens (tertiary/aromatic N) is 1. The Morgan fingerprint density at radius 2 is 0.674 bits per heavy atom. The average Bonchev–Trinajstić information content (AvgIpc) is 1.66. The highest BCUT2D eigenvalue weighted by atomic mass is 35.5. The third-order valence-electron chi connectivity index (χ3n) is 26.7. The maximum absolute atomic E-state index is 13.1. The summed E-state index contributed by atoms with van der Waals surface area (Å²) in [5.74, 6) is -1.05. The van der Waals surface area contributed by atoms with Gasteiger partial charge in [0.25, 0.3) is 5.69 Å². The SMILES string of the molecule is C.CCCC/C=C\C[C@H]1[C@H](Cl)CC(Cl)[C@@H]1c1ccc(C(O)CCCCC)cc1.CCCCCC(OC(C)=O)c1ccc([C@H]2C(Cl)C[C@@H](Cl)[C@@H]2C/C=C\CCCC(=O)OC)cc1.CCCCCC(OC(C)=O)c1ccc([C@H]2C(O)C[C@@H](Cl)[C@@H]2C/C=C\CCCC(=O)OC)cc1.CCCCCC(OC(C)=O)c1ccc([C@H]2C(OC(=O)c3ccc([N+](=O)[O-])cc3)C[C@@H](Cl)[C@@H]2C/C=C\CCCC(=O)OC)cc1. The van der Waals surface area contributed by atoms with Gasteiger partial charge in [-0.05, 0) is 215 Å². The molecule has 0 aromatic heterocycles. The molecule has 0 amide bonds. The summed E-state index contributed by atoms with van der Waals surface area (Å²) in [6.45, 7) is 15.2. The highest BCUT2D eigenvalue weighted by Gasteiger charge is 2.47. The summed E-state index contributed by atoms with van der Waals surface area (Å²) in [4.78, 5) is 92.4. The zero-order valence-electron chi connectivity index (χ0n) is 82.8. The van der Waals surface area contributed by atoms with E-state index in [1.807, 2.05) is 54.6 Å². The van der Waals surface area contributed by atoms with E-state index in [9.17, 15) is 53.9 Å². The molecule has 0 spiro atoms. The molecule has 19 nitrogen and oxygen atoms in total. The number of allylic oxidation sites excluding steroid dienone is 8. The van der Waals surface area contributed by atoms with Crippen molar-refractivity contribution in [1.29, 1.82) is 0 Å². The van der Waals surface area contributed by atoms with Crippen molar-refractivity contribution < 1.29 is 81.9 Å². The third-order valence-corrected chi connectivity index (χ3v) is 29.6. The molecule has 0 bridgehead atoms. The first-order chi connectivity index (χ1) is 65.9. The second-order valence-corrected chi connectivity index (χ2v) is 40.3. The first kappa shape index (κ1) is 121. The highest BCUT2D eigenvalue weighted by molar-refractivity contribution is 6.26. The molecule has 9 rings (SSSR count). The number of non-ortho nitro benzene ring substituents is 1. The minimum Gasteiger partial charge on any atom is -0.469 e. The number of alkyl halides is 6. The lowest BCUT2D eigenvalue weighted by Gasteiger charge is -2.26. The molecule has 4 aliphatic carbocycles. The van der Waals surface area contributed by atoms with Crippen LogP contribution in [0.2, 0.25) is 0 Å². The van der Waals surface area contributed by atoms with Crippen molar-refractivity contribution in [2.45, 2.75) is 387 Å². The number of benzene rings is 5. The highest BCUT2D eigenvalue weighted by Crippen LogP contribution is 2.52. The van der Waals surface area contributed by atoms with Gasteiger partial charge in [-0.2, -0.15) is 0 Å². The molecule has 2 N–H and O–H groups in total. The Morgan fingerprint density at radius 1 is 0.377 bits per heavy atom. The van der Waals surface area contributed by atoms with Crippen LogP contribution in [0.3, 0.4) is 0 Å². The minimum atomic E-state index is -0.569. The van der Waals surface area contributed by atoms with Gasteiger partial charge in [0, 0.05) is 115 Å². The van der Waals surface area contributed by atoms with E-state index >= 15 is 0 Å². The van der Waals surface area contributed by atoms with Crippen LogP contribution in [-0.4, -0.2) is 123 Å². The lowest BCUT2D eigenvalue weighted by atomic mass is 9.84. The number of halogens is 6. The molecular formula is C113H159Cl6NO18. The van der Waals surface area contributed by atoms with Crippen molar-refractivity contribution >= 4 is 117 Å². The Kier molecular flexibility index (Phi) is 59.4. The number of carbonyl (C=O) groups is 7. The fourth-order valence-corrected chi connectivity index (χ4v) is 22.2. The summed E-state index contributed by atoms with van der Waals surface area (Å²) < 4.78 is 36.8. The standard InChI is InChI=1S/C34H42ClNO8.C27H38Cl2O4.C27H39ClO5.C24H36Cl2O.CH4/c1-4-5-8-12-30(43-23(2)37)24-14-16-25(17-15-24)33-28(11-9-6-7-10-13-32(38)42-3)29(35)22-31(33)44-34(39)26-18-20-27(21-19-26)36(40)41;1-4-5-8-12-25(33-19(2)30)20-14-16-21(17-15-20)27-22(23(28)18-24(27)29)11-9-6-7-10-13-26(31)32-3;1-4-5-8-12-25(33-19(2)29)20-14-16-21(17-15-20)27-22(23(28)18-24(27)30)11-9-6-7-10-13-26(31)32-3;1-3-5-7-8-10-11-20-21(25)17-22(26)24(20)19-15-13-18(14-16-19)23(27)12-9-6-4-2;/h6,9,14-21,28-31,33H,4-5,7-8,10-13,22H2,1-3H3;6,9,14-17,22-25,27H,4-5,7-8,10-13,18H2,1-3H3;6,9,14-17,22-25,27,30H,4-5,7-8,10-13,18H2,1-3H3;8,10,13-16,20-24,27H,3-7,9,11-12,17H2,1-2H3;1H4/b3*9-6-;10-8-;/t28-,29+,30?,31?,33+;2*22-,23+,24?,25?,27+;20-,21+,22?,23?,24+;/m0000./s1. The van der Waals surface area contributed by atoms with Crippen LogP contribution >= 0.6 is 69.6 Å². The van der Waals surface area contributed by atoms with E-state index in [0.717, 1.165) is 194 Å². The molecule has 25 heteroatoms. The van der Waals surface area contributed by atoms with E-state index in [1.165, 1.54) is 103 Å². The number of nitro groups is 1. The summed E-state index contributed by atoms with van der Waals surface area (Å²) in [5.41, 5.74) is 8.50. The molecule has 138 heavy (non-hydrogen) atoms. The molecule has 0 radical (unpaired) electrons. The van der Waals surface area contributed by atoms with E-state index in [2.05, 4.69) is 135 Å². The fourth-order valence-electron chi connectivity index (χ4n) is 19.2. The van der Waals surface area contributed by atoms with Crippen molar-refractivity contribution in [2.75, 3.05) is 21.3 Å². The van der Waals surface area contributed by atoms with Crippen molar-refractivity contribution in [2.24, 2.45) is 23.7 Å². The number of methoxy groups -OCH3 is 3. The number of rotatable bonds is 53. The molecule has 0 aliphatic heterocycles. The van der Waals surface area contributed by atoms with Crippen LogP contribution in [0, 0.1) is 33.8 Å². The maximum atomic E-state index is 13.1. The Bertz CT molecular complexity index is 4320. The van der Waals surface area contributed by atoms with Gasteiger partial charge in [-0.1, -0.05) is 258 Å². The number of aliphatic hydroxyl groups excluding tert-OH is 2. The minimum absolute atomic E-state index is 0. The molecule has 5 aromatic rings. The molecule has 20 atom stereocenters. The van der Waals surface area contributed by atoms with E-state index in [0.29, 0.717) is 50.9 Å². The predicted molar refractivity (Wildman–Crippen MR) is 559 cm³/mol. The number of nitro benzene ring substituents is 1. The number of unbranched alkanes of at least 4 members (excludes halogenated alkanes) is 13. The molecule has 8 unspecified atom stereocenters. The van der Waals surface area contributed by atoms with Crippen LogP contribution in [0.1, 0.15) is 397 Å². The molecule has 766 valence electrons. The number of hydrogen-bond donors (Lipinski definition) is 2. The summed E-state index contributed by atoms with van der Waals surface area (Å²) in [6.07, 6.45) is 46.6. The Labute approximate surface area is 854 Å². The van der Waals surface area contributed by atoms with Crippen LogP contribution in [0.15, 0.2) is 170 Å². The lowest BCUT2D eigenvalue weighted by Crippen LogP contribution is -2.24. The van der Waals surface area contributed by atoms with E-state index in [4.69, 9.17) is 93.3 Å². The Hall–Kier alpha value is -7.59. The third kappa shape index (κ3) is 42.1. The topological polar surface area (TPSA) is 268 Å². The smallest absolute Gasteiger partial charge is 0.338 e. The van der Waals surface area contributed by atoms with Gasteiger partial charge >= 0.3 is 41.8 Å². The van der Waals surface area contributed by atoms with Gasteiger partial charge in [0.1, 0.15) is 24.4 Å². The van der Waals surface area contributed by atoms with E-state index < -0.39 is 23.1 Å². The quantitative estimate of drug-likeness (QED) is 0.00696. The van der Waals surface area contributed by atoms with E-state index in [-0.39, 0.29) is 153 Å². The zero-order valence-corrected chi connectivity index (χ0v) is 87.3. The van der Waals surface area contributed by atoms with Crippen LogP contribution in [0.25, 0.3) is 0 Å². The molecule has 0 heterocycles. The van der Waals surface area contributed by atoms with Crippen molar-refractivity contribution in [3.63, 3.8) is 0 Å². The van der Waals surface area contributed by atoms with Gasteiger partial charge in [0.15, 0.2) is 0 Å². The fraction of sp³-hybridized carbons (Fsp3) is 0.602. The summed E-state index contributed by atoms with van der Waals surface area (Å²) in [5, 5.41) is 32.0. The number of aliphatic hydroxyl groups is 2. The first-order valence-electron chi connectivity index (χ1n) is 50.3. The summed E-state index contributed by atoms with van der Waals surface area (Å²) >= 11 is 40.3. The van der Waals surface area contributed by atoms with Crippen molar-refractivity contribution in [3.05, 3.63) is 230 Å². The number of ether oxygens (including phenoxy) is 7. The predicted octanol–water partition coefficient (Wildman–Crippen LogP) is 30.1. The molecular weight excluding hydrogens is 1870 g/mol. The average molecular weight is 2030 g/mol. The van der Waals surface area contributed by atoms with Gasteiger partial charge in [-0.3, -0.25) is 38.9 Å². The molecule has 5 aromatic carbocycles. The van der Waals surface area contributed by atoms with Crippen molar-refractivity contribution in [3.8, 4) is 0 Å².